The van der Waals surface area contributed by atoms with Crippen LogP contribution >= 0.6 is 0 Å². The summed E-state index contributed by atoms with van der Waals surface area (Å²) in [4.78, 5) is 0. The minimum absolute atomic E-state index is 0.760. The van der Waals surface area contributed by atoms with Crippen LogP contribution in [0.25, 0.3) is 5.57 Å². The summed E-state index contributed by atoms with van der Waals surface area (Å²) in [5.74, 6) is 3.61. The van der Waals surface area contributed by atoms with E-state index in [1.165, 1.54) is 101 Å². The van der Waals surface area contributed by atoms with Gasteiger partial charge in [-0.1, -0.05) is 108 Å². The Hall–Kier alpha value is -1.50. The molecule has 1 heteroatoms. The average Bonchev–Trinajstić information content (AvgIpc) is 2.81. The monoisotopic (exact) mass is 408 g/mol. The van der Waals surface area contributed by atoms with Crippen LogP contribution in [0.15, 0.2) is 42.5 Å². The molecule has 0 aliphatic heterocycles. The van der Waals surface area contributed by atoms with E-state index in [-0.39, 0.29) is 0 Å². The van der Waals surface area contributed by atoms with Gasteiger partial charge in [0.2, 0.25) is 0 Å². The van der Waals surface area contributed by atoms with Gasteiger partial charge >= 0.3 is 0 Å². The lowest BCUT2D eigenvalue weighted by Gasteiger charge is -2.33. The fraction of sp³-hybridized carbons (Fsp3) is 0.655. The highest BCUT2D eigenvalue weighted by Gasteiger charge is 2.26. The Kier molecular flexibility index (Phi) is 10.1. The van der Waals surface area contributed by atoms with Crippen LogP contribution in [-0.4, -0.2) is 7.11 Å². The first-order valence-corrected chi connectivity index (χ1v) is 12.8. The summed E-state index contributed by atoms with van der Waals surface area (Å²) in [5, 5.41) is 0. The first-order valence-electron chi connectivity index (χ1n) is 12.8. The topological polar surface area (TPSA) is 9.23 Å². The van der Waals surface area contributed by atoms with Crippen molar-refractivity contribution >= 4 is 5.57 Å². The van der Waals surface area contributed by atoms with Crippen molar-refractivity contribution in [2.24, 2.45) is 17.8 Å². The van der Waals surface area contributed by atoms with Crippen LogP contribution in [0, 0.1) is 17.8 Å². The zero-order valence-electron chi connectivity index (χ0n) is 19.6. The summed E-state index contributed by atoms with van der Waals surface area (Å²) >= 11 is 0. The smallest absolute Gasteiger partial charge is 0.118 e. The standard InChI is InChI=1S/C29H44O/c1-3-4-5-6-7-8-9-10-11-24-12-14-25(15-13-24)26-16-18-27(19-17-26)28-20-22-29(30-2)23-21-28/h16,18-26H,3-15,17H2,1-2H3. The Labute approximate surface area is 186 Å². The molecule has 0 radical (unpaired) electrons. The van der Waals surface area contributed by atoms with Crippen LogP contribution < -0.4 is 4.74 Å². The molecule has 0 aromatic heterocycles. The van der Waals surface area contributed by atoms with Crippen LogP contribution in [0.3, 0.4) is 0 Å². The van der Waals surface area contributed by atoms with Gasteiger partial charge in [0.15, 0.2) is 0 Å². The second-order valence-corrected chi connectivity index (χ2v) is 9.69. The number of benzene rings is 1. The molecule has 30 heavy (non-hydrogen) atoms. The Morgan fingerprint density at radius 1 is 0.833 bits per heavy atom. The maximum absolute atomic E-state index is 5.28. The van der Waals surface area contributed by atoms with Crippen LogP contribution in [0.5, 0.6) is 5.75 Å². The molecular weight excluding hydrogens is 364 g/mol. The lowest BCUT2D eigenvalue weighted by molar-refractivity contribution is 0.218. The Morgan fingerprint density at radius 3 is 2.10 bits per heavy atom. The van der Waals surface area contributed by atoms with Gasteiger partial charge in [0.25, 0.3) is 0 Å². The lowest BCUT2D eigenvalue weighted by atomic mass is 9.72. The van der Waals surface area contributed by atoms with E-state index in [1.54, 1.807) is 7.11 Å². The maximum atomic E-state index is 5.28. The van der Waals surface area contributed by atoms with Crippen molar-refractivity contribution in [2.45, 2.75) is 96.8 Å². The molecule has 1 saturated carbocycles. The van der Waals surface area contributed by atoms with Crippen LogP contribution in [-0.2, 0) is 0 Å². The molecule has 1 nitrogen and oxygen atoms in total. The Balaban J connectivity index is 1.30. The van der Waals surface area contributed by atoms with E-state index in [9.17, 15) is 0 Å². The second-order valence-electron chi connectivity index (χ2n) is 9.69. The van der Waals surface area contributed by atoms with E-state index >= 15 is 0 Å². The predicted molar refractivity (Wildman–Crippen MR) is 131 cm³/mol. The third kappa shape index (κ3) is 7.33. The predicted octanol–water partition coefficient (Wildman–Crippen LogP) is 8.99. The fourth-order valence-corrected chi connectivity index (χ4v) is 5.46. The van der Waals surface area contributed by atoms with Crippen molar-refractivity contribution in [1.29, 1.82) is 0 Å². The van der Waals surface area contributed by atoms with Crippen molar-refractivity contribution in [1.82, 2.24) is 0 Å². The van der Waals surface area contributed by atoms with Crippen molar-refractivity contribution in [3.8, 4) is 5.75 Å². The number of hydrogen-bond donors (Lipinski definition) is 0. The summed E-state index contributed by atoms with van der Waals surface area (Å²) in [6.07, 6.45) is 27.4. The summed E-state index contributed by atoms with van der Waals surface area (Å²) in [6.45, 7) is 2.30. The number of allylic oxidation sites excluding steroid dienone is 4. The number of rotatable bonds is 12. The van der Waals surface area contributed by atoms with Gasteiger partial charge in [-0.2, -0.15) is 0 Å². The van der Waals surface area contributed by atoms with Crippen molar-refractivity contribution < 1.29 is 4.74 Å². The molecule has 3 rings (SSSR count). The molecular formula is C29H44O. The zero-order valence-corrected chi connectivity index (χ0v) is 19.6. The number of methoxy groups -OCH3 is 1. The second kappa shape index (κ2) is 13.0. The van der Waals surface area contributed by atoms with E-state index in [0.29, 0.717) is 0 Å². The van der Waals surface area contributed by atoms with Gasteiger partial charge in [0.05, 0.1) is 7.11 Å². The maximum Gasteiger partial charge on any atom is 0.118 e. The van der Waals surface area contributed by atoms with E-state index in [4.69, 9.17) is 4.74 Å². The third-order valence-corrected chi connectivity index (χ3v) is 7.52. The Bertz CT molecular complexity index is 645. The summed E-state index contributed by atoms with van der Waals surface area (Å²) in [7, 11) is 1.73. The number of ether oxygens (including phenoxy) is 1. The molecule has 0 heterocycles. The molecule has 1 unspecified atom stereocenters. The van der Waals surface area contributed by atoms with Crippen molar-refractivity contribution in [2.75, 3.05) is 7.11 Å². The van der Waals surface area contributed by atoms with Gasteiger partial charge in [-0.05, 0) is 60.3 Å². The number of unbranched alkanes of at least 4 members (excludes halogenated alkanes) is 7. The zero-order chi connectivity index (χ0) is 21.0. The first kappa shape index (κ1) is 23.2. The molecule has 166 valence electrons. The van der Waals surface area contributed by atoms with Gasteiger partial charge in [0.1, 0.15) is 5.75 Å². The van der Waals surface area contributed by atoms with Gasteiger partial charge in [-0.25, -0.2) is 0 Å². The summed E-state index contributed by atoms with van der Waals surface area (Å²) in [6, 6.07) is 8.46. The van der Waals surface area contributed by atoms with Crippen LogP contribution in [0.2, 0.25) is 0 Å². The summed E-state index contributed by atoms with van der Waals surface area (Å²) < 4.78 is 5.28. The van der Waals surface area contributed by atoms with E-state index in [1.807, 2.05) is 0 Å². The van der Waals surface area contributed by atoms with Gasteiger partial charge in [-0.15, -0.1) is 0 Å². The highest BCUT2D eigenvalue weighted by Crippen LogP contribution is 2.39. The molecule has 0 bridgehead atoms. The van der Waals surface area contributed by atoms with Crippen LogP contribution in [0.1, 0.15) is 102 Å². The highest BCUT2D eigenvalue weighted by atomic mass is 16.5. The van der Waals surface area contributed by atoms with Gasteiger partial charge in [0, 0.05) is 0 Å². The minimum atomic E-state index is 0.760. The molecule has 0 spiro atoms. The van der Waals surface area contributed by atoms with Crippen molar-refractivity contribution in [3.63, 3.8) is 0 Å². The molecule has 0 N–H and O–H groups in total. The van der Waals surface area contributed by atoms with E-state index in [2.05, 4.69) is 49.4 Å². The molecule has 0 saturated heterocycles. The quantitative estimate of drug-likeness (QED) is 0.313. The SMILES string of the molecule is CCCCCCCCCCC1CCC(C2C=CC(c3ccc(OC)cc3)=CC2)CC1. The van der Waals surface area contributed by atoms with Gasteiger partial charge < -0.3 is 4.74 Å². The first-order chi connectivity index (χ1) is 14.8. The molecule has 1 aromatic carbocycles. The highest BCUT2D eigenvalue weighted by molar-refractivity contribution is 5.75. The summed E-state index contributed by atoms with van der Waals surface area (Å²) in [5.41, 5.74) is 2.68. The molecule has 2 aliphatic rings. The Morgan fingerprint density at radius 2 is 1.50 bits per heavy atom. The molecule has 1 fully saturated rings. The largest absolute Gasteiger partial charge is 0.497 e. The third-order valence-electron chi connectivity index (χ3n) is 7.52. The fourth-order valence-electron chi connectivity index (χ4n) is 5.46. The molecule has 0 amide bonds. The van der Waals surface area contributed by atoms with E-state index in [0.717, 1.165) is 23.5 Å². The van der Waals surface area contributed by atoms with Crippen molar-refractivity contribution in [3.05, 3.63) is 48.1 Å². The average molecular weight is 409 g/mol. The van der Waals surface area contributed by atoms with Crippen LogP contribution in [0.4, 0.5) is 0 Å². The van der Waals surface area contributed by atoms with E-state index < -0.39 is 0 Å². The molecule has 1 atom stereocenters. The minimum Gasteiger partial charge on any atom is -0.497 e. The molecule has 2 aliphatic carbocycles. The van der Waals surface area contributed by atoms with Gasteiger partial charge in [-0.3, -0.25) is 0 Å². The normalized spacial score (nSPS) is 23.9. The lowest BCUT2D eigenvalue weighted by Crippen LogP contribution is -2.21. The number of hydrogen-bond acceptors (Lipinski definition) is 1. The molecule has 1 aromatic rings.